The minimum atomic E-state index is -5.10. The summed E-state index contributed by atoms with van der Waals surface area (Å²) >= 11 is 0. The number of rotatable bonds is 8. The number of hydrogen-bond acceptors (Lipinski definition) is 5. The number of imidazole rings is 1. The molecule has 150 valence electrons. The Balaban J connectivity index is 2.10. The number of anilines is 1. The number of aryl methyl sites for hydroxylation is 1. The quantitative estimate of drug-likeness (QED) is 0.669. The average molecular weight is 396 g/mol. The summed E-state index contributed by atoms with van der Waals surface area (Å²) in [6.07, 6.45) is -3.15. The Morgan fingerprint density at radius 3 is 2.79 bits per heavy atom. The van der Waals surface area contributed by atoms with Crippen molar-refractivity contribution < 1.29 is 27.8 Å². The third kappa shape index (κ3) is 5.01. The summed E-state index contributed by atoms with van der Waals surface area (Å²) in [5, 5.41) is 21.0. The Bertz CT molecular complexity index is 860. The van der Waals surface area contributed by atoms with Gasteiger partial charge < -0.3 is 19.7 Å². The van der Waals surface area contributed by atoms with Gasteiger partial charge in [0.2, 0.25) is 11.5 Å². The van der Waals surface area contributed by atoms with Crippen LogP contribution in [0.2, 0.25) is 0 Å². The van der Waals surface area contributed by atoms with Gasteiger partial charge in [-0.1, -0.05) is 6.07 Å². The fourth-order valence-electron chi connectivity index (χ4n) is 2.51. The minimum Gasteiger partial charge on any atom is -0.493 e. The van der Waals surface area contributed by atoms with Crippen molar-refractivity contribution in [1.29, 1.82) is 5.26 Å². The minimum absolute atomic E-state index is 0.215. The van der Waals surface area contributed by atoms with E-state index in [0.717, 1.165) is 10.8 Å². The van der Waals surface area contributed by atoms with Crippen LogP contribution >= 0.6 is 0 Å². The molecular weight excluding hydrogens is 377 g/mol. The van der Waals surface area contributed by atoms with E-state index in [2.05, 4.69) is 10.3 Å². The Labute approximate surface area is 159 Å². The lowest BCUT2D eigenvalue weighted by molar-refractivity contribution is -0.270. The SMILES string of the molecule is Cn1ccnc1C(O)(CC(=O)Nc1cccc(OCCCC#N)c1)C(F)(F)F. The molecule has 1 atom stereocenters. The molecule has 2 rings (SSSR count). The van der Waals surface area contributed by atoms with Gasteiger partial charge in [-0.2, -0.15) is 18.4 Å². The summed E-state index contributed by atoms with van der Waals surface area (Å²) < 4.78 is 46.9. The van der Waals surface area contributed by atoms with E-state index >= 15 is 0 Å². The molecule has 2 aromatic rings. The van der Waals surface area contributed by atoms with Gasteiger partial charge in [-0.15, -0.1) is 0 Å². The van der Waals surface area contributed by atoms with E-state index in [4.69, 9.17) is 10.00 Å². The molecule has 0 aliphatic carbocycles. The van der Waals surface area contributed by atoms with Crippen molar-refractivity contribution in [1.82, 2.24) is 9.55 Å². The van der Waals surface area contributed by atoms with Gasteiger partial charge in [-0.3, -0.25) is 4.79 Å². The maximum absolute atomic E-state index is 13.5. The van der Waals surface area contributed by atoms with E-state index in [1.807, 2.05) is 6.07 Å². The van der Waals surface area contributed by atoms with E-state index in [1.165, 1.54) is 25.4 Å². The molecule has 7 nitrogen and oxygen atoms in total. The van der Waals surface area contributed by atoms with Crippen LogP contribution in [0, 0.1) is 11.3 Å². The maximum atomic E-state index is 13.5. The molecule has 10 heteroatoms. The third-order valence-electron chi connectivity index (χ3n) is 3.90. The van der Waals surface area contributed by atoms with Gasteiger partial charge in [0.15, 0.2) is 5.82 Å². The number of alkyl halides is 3. The second kappa shape index (κ2) is 8.75. The summed E-state index contributed by atoms with van der Waals surface area (Å²) in [5.41, 5.74) is -3.21. The van der Waals surface area contributed by atoms with Gasteiger partial charge in [0.25, 0.3) is 0 Å². The van der Waals surface area contributed by atoms with Gasteiger partial charge in [-0.25, -0.2) is 4.98 Å². The number of unbranched alkanes of at least 4 members (excludes halogenated alkanes) is 1. The second-order valence-corrected chi connectivity index (χ2v) is 6.08. The first kappa shape index (κ1) is 21.2. The van der Waals surface area contributed by atoms with Crippen LogP contribution < -0.4 is 10.1 Å². The normalized spacial score (nSPS) is 13.4. The van der Waals surface area contributed by atoms with Crippen molar-refractivity contribution in [3.05, 3.63) is 42.5 Å². The monoisotopic (exact) mass is 396 g/mol. The number of ether oxygens (including phenoxy) is 1. The number of amides is 1. The first-order valence-electron chi connectivity index (χ1n) is 8.34. The predicted molar refractivity (Wildman–Crippen MR) is 93.2 cm³/mol. The lowest BCUT2D eigenvalue weighted by Gasteiger charge is -2.29. The molecule has 0 radical (unpaired) electrons. The zero-order valence-electron chi connectivity index (χ0n) is 15.0. The standard InChI is InChI=1S/C18H19F3N4O3/c1-25-9-8-23-16(25)17(27,18(19,20)21)12-15(26)24-13-5-4-6-14(11-13)28-10-3-2-7-22/h4-6,8-9,11,27H,2-3,10,12H2,1H3,(H,24,26). The van der Waals surface area contributed by atoms with Crippen molar-refractivity contribution in [2.75, 3.05) is 11.9 Å². The highest BCUT2D eigenvalue weighted by Gasteiger charge is 2.58. The zero-order valence-corrected chi connectivity index (χ0v) is 15.0. The molecule has 0 aliphatic heterocycles. The molecule has 0 aliphatic rings. The summed E-state index contributed by atoms with van der Waals surface area (Å²) in [6.45, 7) is 0.290. The number of aromatic nitrogens is 2. The fourth-order valence-corrected chi connectivity index (χ4v) is 2.51. The Morgan fingerprint density at radius 1 is 1.43 bits per heavy atom. The van der Waals surface area contributed by atoms with Crippen molar-refractivity contribution in [2.24, 2.45) is 7.05 Å². The number of nitrogens with zero attached hydrogens (tertiary/aromatic N) is 3. The van der Waals surface area contributed by atoms with Crippen molar-refractivity contribution >= 4 is 11.6 Å². The molecular formula is C18H19F3N4O3. The molecule has 1 aromatic carbocycles. The van der Waals surface area contributed by atoms with Gasteiger partial charge in [-0.05, 0) is 18.6 Å². The highest BCUT2D eigenvalue weighted by atomic mass is 19.4. The summed E-state index contributed by atoms with van der Waals surface area (Å²) in [4.78, 5) is 15.8. The first-order valence-corrected chi connectivity index (χ1v) is 8.34. The summed E-state index contributed by atoms with van der Waals surface area (Å²) in [7, 11) is 1.30. The lowest BCUT2D eigenvalue weighted by atomic mass is 9.97. The van der Waals surface area contributed by atoms with Crippen LogP contribution in [0.5, 0.6) is 5.75 Å². The number of carbonyl (C=O) groups is 1. The number of hydrogen-bond donors (Lipinski definition) is 2. The molecule has 0 saturated heterocycles. The number of nitrogens with one attached hydrogen (secondary N) is 1. The first-order chi connectivity index (χ1) is 13.2. The van der Waals surface area contributed by atoms with Gasteiger partial charge in [0.1, 0.15) is 5.75 Å². The Morgan fingerprint density at radius 2 is 2.18 bits per heavy atom. The summed E-state index contributed by atoms with van der Waals surface area (Å²) in [5.74, 6) is -1.32. The van der Waals surface area contributed by atoms with Crippen LogP contribution in [0.4, 0.5) is 18.9 Å². The van der Waals surface area contributed by atoms with E-state index in [9.17, 15) is 23.1 Å². The molecule has 1 heterocycles. The lowest BCUT2D eigenvalue weighted by Crippen LogP contribution is -2.46. The molecule has 28 heavy (non-hydrogen) atoms. The second-order valence-electron chi connectivity index (χ2n) is 6.08. The third-order valence-corrected chi connectivity index (χ3v) is 3.90. The van der Waals surface area contributed by atoms with Crippen molar-refractivity contribution in [2.45, 2.75) is 31.0 Å². The highest BCUT2D eigenvalue weighted by Crippen LogP contribution is 2.40. The molecule has 1 aromatic heterocycles. The van der Waals surface area contributed by atoms with Crippen molar-refractivity contribution in [3.8, 4) is 11.8 Å². The average Bonchev–Trinajstić information content (AvgIpc) is 3.04. The van der Waals surface area contributed by atoms with Crippen LogP contribution in [-0.2, 0) is 17.4 Å². The zero-order chi connectivity index (χ0) is 20.8. The maximum Gasteiger partial charge on any atom is 0.425 e. The van der Waals surface area contributed by atoms with Crippen LogP contribution in [0.1, 0.15) is 25.1 Å². The van der Waals surface area contributed by atoms with E-state index in [0.29, 0.717) is 18.6 Å². The molecule has 1 unspecified atom stereocenters. The molecule has 2 N–H and O–H groups in total. The van der Waals surface area contributed by atoms with Crippen LogP contribution in [0.3, 0.4) is 0 Å². The van der Waals surface area contributed by atoms with E-state index < -0.39 is 29.9 Å². The van der Waals surface area contributed by atoms with E-state index in [-0.39, 0.29) is 12.3 Å². The topological polar surface area (TPSA) is 100 Å². The van der Waals surface area contributed by atoms with E-state index in [1.54, 1.807) is 12.1 Å². The molecule has 0 spiro atoms. The van der Waals surface area contributed by atoms with Gasteiger partial charge >= 0.3 is 6.18 Å². The van der Waals surface area contributed by atoms with Crippen LogP contribution in [-0.4, -0.2) is 33.3 Å². The number of halogens is 3. The Kier molecular flexibility index (Phi) is 6.64. The highest BCUT2D eigenvalue weighted by molar-refractivity contribution is 5.91. The Hall–Kier alpha value is -3.06. The number of nitriles is 1. The van der Waals surface area contributed by atoms with Crippen LogP contribution in [0.25, 0.3) is 0 Å². The van der Waals surface area contributed by atoms with Gasteiger partial charge in [0, 0.05) is 37.6 Å². The number of carbonyl (C=O) groups excluding carboxylic acids is 1. The van der Waals surface area contributed by atoms with Crippen LogP contribution in [0.15, 0.2) is 36.7 Å². The molecule has 0 bridgehead atoms. The fraction of sp³-hybridized carbons (Fsp3) is 0.389. The predicted octanol–water partition coefficient (Wildman–Crippen LogP) is 2.88. The van der Waals surface area contributed by atoms with Gasteiger partial charge in [0.05, 0.1) is 19.1 Å². The van der Waals surface area contributed by atoms with Crippen molar-refractivity contribution in [3.63, 3.8) is 0 Å². The summed E-state index contributed by atoms with van der Waals surface area (Å²) in [6, 6.07) is 8.08. The molecule has 1 amide bonds. The number of benzene rings is 1. The number of aliphatic hydroxyl groups is 1. The largest absolute Gasteiger partial charge is 0.493 e. The molecule has 0 saturated carbocycles. The molecule has 0 fully saturated rings. The smallest absolute Gasteiger partial charge is 0.425 e.